The van der Waals surface area contributed by atoms with E-state index in [2.05, 4.69) is 10.2 Å². The summed E-state index contributed by atoms with van der Waals surface area (Å²) in [6.45, 7) is 2.15. The molecule has 1 aromatic rings. The van der Waals surface area contributed by atoms with Crippen LogP contribution in [0.1, 0.15) is 25.7 Å². The minimum Gasteiger partial charge on any atom is -0.497 e. The molecule has 1 aromatic carbocycles. The molecular weight excluding hydrogens is 454 g/mol. The highest BCUT2D eigenvalue weighted by Crippen LogP contribution is 2.27. The average molecular weight is 486 g/mol. The Labute approximate surface area is 190 Å². The van der Waals surface area contributed by atoms with E-state index in [1.807, 2.05) is 0 Å². The summed E-state index contributed by atoms with van der Waals surface area (Å²) < 4.78 is 57.2. The third-order valence-electron chi connectivity index (χ3n) is 6.71. The van der Waals surface area contributed by atoms with E-state index in [1.165, 1.54) is 23.5 Å². The number of piperidine rings is 1. The molecule has 3 aliphatic rings. The van der Waals surface area contributed by atoms with Crippen LogP contribution in [0.4, 0.5) is 0 Å². The molecule has 3 heterocycles. The van der Waals surface area contributed by atoms with E-state index in [-0.39, 0.29) is 34.9 Å². The van der Waals surface area contributed by atoms with Crippen molar-refractivity contribution in [3.8, 4) is 5.75 Å². The molecule has 11 heteroatoms. The number of ether oxygens (including phenoxy) is 1. The Kier molecular flexibility index (Phi) is 6.81. The lowest BCUT2D eigenvalue weighted by Gasteiger charge is -2.33. The van der Waals surface area contributed by atoms with Crippen LogP contribution in [0.5, 0.6) is 5.75 Å². The second-order valence-corrected chi connectivity index (χ2v) is 13.0. The maximum Gasteiger partial charge on any atom is 0.243 e. The first-order valence-electron chi connectivity index (χ1n) is 11.1. The van der Waals surface area contributed by atoms with Crippen molar-refractivity contribution in [3.63, 3.8) is 0 Å². The fraction of sp³-hybridized carbons (Fsp3) is 0.667. The Morgan fingerprint density at radius 1 is 1.06 bits per heavy atom. The summed E-state index contributed by atoms with van der Waals surface area (Å²) in [7, 11) is -5.42. The standard InChI is InChI=1S/C21H31N3O6S2/c1-30-17-6-8-18(9-7-17)32(28,29)24-12-4-5-16(13-24)21(25)22-19-14-31(26,27)15-20(19)23-10-2-3-11-23/h6-9,16,19-20H,2-5,10-15H2,1H3,(H,22,25). The number of rotatable bonds is 6. The largest absolute Gasteiger partial charge is 0.497 e. The molecule has 0 aromatic heterocycles. The molecule has 3 atom stereocenters. The molecule has 3 fully saturated rings. The molecule has 0 saturated carbocycles. The number of likely N-dealkylation sites (tertiary alicyclic amines) is 1. The van der Waals surface area contributed by atoms with Crippen LogP contribution in [0.25, 0.3) is 0 Å². The van der Waals surface area contributed by atoms with Gasteiger partial charge >= 0.3 is 0 Å². The summed E-state index contributed by atoms with van der Waals surface area (Å²) >= 11 is 0. The van der Waals surface area contributed by atoms with Crippen molar-refractivity contribution in [1.29, 1.82) is 0 Å². The van der Waals surface area contributed by atoms with Gasteiger partial charge in [0.1, 0.15) is 5.75 Å². The van der Waals surface area contributed by atoms with Crippen molar-refractivity contribution in [2.24, 2.45) is 5.92 Å². The van der Waals surface area contributed by atoms with Gasteiger partial charge in [-0.1, -0.05) is 0 Å². The third kappa shape index (κ3) is 4.95. The fourth-order valence-electron chi connectivity index (χ4n) is 4.97. The van der Waals surface area contributed by atoms with Gasteiger partial charge in [-0.25, -0.2) is 16.8 Å². The Balaban J connectivity index is 1.43. The highest BCUT2D eigenvalue weighted by molar-refractivity contribution is 7.91. The number of sulfone groups is 1. The van der Waals surface area contributed by atoms with Crippen molar-refractivity contribution in [3.05, 3.63) is 24.3 Å². The first-order chi connectivity index (χ1) is 15.2. The van der Waals surface area contributed by atoms with E-state index in [9.17, 15) is 21.6 Å². The van der Waals surface area contributed by atoms with Gasteiger partial charge in [0.05, 0.1) is 35.5 Å². The van der Waals surface area contributed by atoms with Crippen LogP contribution in [0.15, 0.2) is 29.2 Å². The van der Waals surface area contributed by atoms with E-state index >= 15 is 0 Å². The Morgan fingerprint density at radius 3 is 2.41 bits per heavy atom. The fourth-order valence-corrected chi connectivity index (χ4v) is 8.45. The van der Waals surface area contributed by atoms with Gasteiger partial charge < -0.3 is 10.1 Å². The number of nitrogens with zero attached hydrogens (tertiary/aromatic N) is 2. The molecule has 3 unspecified atom stereocenters. The molecule has 0 spiro atoms. The minimum absolute atomic E-state index is 0.0551. The molecule has 0 bridgehead atoms. The van der Waals surface area contributed by atoms with Crippen LogP contribution >= 0.6 is 0 Å². The van der Waals surface area contributed by atoms with Gasteiger partial charge in [-0.15, -0.1) is 0 Å². The van der Waals surface area contributed by atoms with E-state index < -0.39 is 31.8 Å². The van der Waals surface area contributed by atoms with E-state index in [1.54, 1.807) is 12.1 Å². The number of benzene rings is 1. The average Bonchev–Trinajstić information content (AvgIpc) is 3.41. The molecule has 9 nitrogen and oxygen atoms in total. The molecule has 0 radical (unpaired) electrons. The van der Waals surface area contributed by atoms with Gasteiger partial charge in [-0.05, 0) is 63.0 Å². The zero-order valence-electron chi connectivity index (χ0n) is 18.3. The van der Waals surface area contributed by atoms with Crippen LogP contribution in [-0.2, 0) is 24.7 Å². The summed E-state index contributed by atoms with van der Waals surface area (Å²) in [5.41, 5.74) is 0. The number of carbonyl (C=O) groups is 1. The second kappa shape index (κ2) is 9.28. The van der Waals surface area contributed by atoms with Crippen LogP contribution < -0.4 is 10.1 Å². The molecule has 32 heavy (non-hydrogen) atoms. The lowest BCUT2D eigenvalue weighted by Crippen LogP contribution is -2.53. The Morgan fingerprint density at radius 2 is 1.75 bits per heavy atom. The SMILES string of the molecule is COc1ccc(S(=O)(=O)N2CCCC(C(=O)NC3CS(=O)(=O)CC3N3CCCC3)C2)cc1. The minimum atomic E-state index is -3.73. The van der Waals surface area contributed by atoms with Crippen LogP contribution in [0.3, 0.4) is 0 Å². The van der Waals surface area contributed by atoms with Crippen LogP contribution in [-0.4, -0.2) is 88.8 Å². The molecular formula is C21H31N3O6S2. The van der Waals surface area contributed by atoms with Gasteiger partial charge in [-0.3, -0.25) is 9.69 Å². The molecule has 1 N–H and O–H groups in total. The smallest absolute Gasteiger partial charge is 0.243 e. The summed E-state index contributed by atoms with van der Waals surface area (Å²) in [4.78, 5) is 15.4. The third-order valence-corrected chi connectivity index (χ3v) is 10.3. The molecule has 178 valence electrons. The number of methoxy groups -OCH3 is 1. The van der Waals surface area contributed by atoms with Crippen molar-refractivity contribution >= 4 is 25.8 Å². The Hall–Kier alpha value is -1.69. The van der Waals surface area contributed by atoms with E-state index in [0.29, 0.717) is 25.1 Å². The summed E-state index contributed by atoms with van der Waals surface area (Å²) in [6.07, 6.45) is 3.23. The molecule has 4 rings (SSSR count). The van der Waals surface area contributed by atoms with Gasteiger partial charge in [-0.2, -0.15) is 4.31 Å². The van der Waals surface area contributed by atoms with Crippen molar-refractivity contribution < 1.29 is 26.4 Å². The topological polar surface area (TPSA) is 113 Å². The van der Waals surface area contributed by atoms with Gasteiger partial charge in [0.15, 0.2) is 9.84 Å². The maximum atomic E-state index is 13.1. The molecule has 3 saturated heterocycles. The normalized spacial score (nSPS) is 29.1. The van der Waals surface area contributed by atoms with Gasteiger partial charge in [0, 0.05) is 19.1 Å². The number of hydrogen-bond donors (Lipinski definition) is 1. The van der Waals surface area contributed by atoms with Crippen LogP contribution in [0.2, 0.25) is 0 Å². The first-order valence-corrected chi connectivity index (χ1v) is 14.3. The number of hydrogen-bond acceptors (Lipinski definition) is 7. The summed E-state index contributed by atoms with van der Waals surface area (Å²) in [6, 6.07) is 5.55. The van der Waals surface area contributed by atoms with Crippen molar-refractivity contribution in [2.75, 3.05) is 44.8 Å². The van der Waals surface area contributed by atoms with Crippen molar-refractivity contribution in [2.45, 2.75) is 42.7 Å². The lowest BCUT2D eigenvalue weighted by atomic mass is 9.98. The highest BCUT2D eigenvalue weighted by atomic mass is 32.2. The monoisotopic (exact) mass is 485 g/mol. The number of sulfonamides is 1. The first kappa shape index (κ1) is 23.5. The molecule has 1 amide bonds. The zero-order valence-corrected chi connectivity index (χ0v) is 19.9. The molecule has 0 aliphatic carbocycles. The van der Waals surface area contributed by atoms with Crippen LogP contribution in [0, 0.1) is 5.92 Å². The predicted molar refractivity (Wildman–Crippen MR) is 120 cm³/mol. The zero-order chi connectivity index (χ0) is 22.9. The summed E-state index contributed by atoms with van der Waals surface area (Å²) in [5.74, 6) is -0.176. The van der Waals surface area contributed by atoms with E-state index in [0.717, 1.165) is 25.9 Å². The summed E-state index contributed by atoms with van der Waals surface area (Å²) in [5, 5.41) is 2.96. The van der Waals surface area contributed by atoms with Crippen molar-refractivity contribution in [1.82, 2.24) is 14.5 Å². The number of nitrogens with one attached hydrogen (secondary N) is 1. The van der Waals surface area contributed by atoms with Gasteiger partial charge in [0.25, 0.3) is 0 Å². The van der Waals surface area contributed by atoms with E-state index in [4.69, 9.17) is 4.74 Å². The number of amides is 1. The second-order valence-electron chi connectivity index (χ2n) is 8.88. The highest BCUT2D eigenvalue weighted by Gasteiger charge is 2.43. The molecule has 3 aliphatic heterocycles. The quantitative estimate of drug-likeness (QED) is 0.623. The lowest BCUT2D eigenvalue weighted by molar-refractivity contribution is -0.127. The maximum absolute atomic E-state index is 13.1. The predicted octanol–water partition coefficient (Wildman–Crippen LogP) is 0.474. The Bertz CT molecular complexity index is 1040. The number of carbonyl (C=O) groups excluding carboxylic acids is 1. The van der Waals surface area contributed by atoms with Gasteiger partial charge in [0.2, 0.25) is 15.9 Å².